The average molecular weight is 411 g/mol. The van der Waals surface area contributed by atoms with Gasteiger partial charge in [0, 0.05) is 22.1 Å². The summed E-state index contributed by atoms with van der Waals surface area (Å²) in [5, 5.41) is 0. The van der Waals surface area contributed by atoms with E-state index in [2.05, 4.69) is 44.2 Å². The minimum Gasteiger partial charge on any atom is -0.355 e. The van der Waals surface area contributed by atoms with E-state index in [9.17, 15) is 0 Å². The van der Waals surface area contributed by atoms with E-state index < -0.39 is 8.14 Å². The molecule has 0 saturated carbocycles. The Hall–Kier alpha value is -2.60. The number of fused-ring (bicyclic) bond motifs is 8. The SMILES string of the molecule is C1=Cc2cc3ccc(cc4nc(cc5ccc(cc1n2)[nH]5)C=C4)[nH]3.Cl[SiH2]Cl. The fraction of sp³-hybridized carbons (Fsp3) is 0. The van der Waals surface area contributed by atoms with Crippen LogP contribution in [0.25, 0.3) is 46.4 Å². The van der Waals surface area contributed by atoms with Crippen molar-refractivity contribution in [1.82, 2.24) is 19.9 Å². The Morgan fingerprint density at radius 3 is 1.07 bits per heavy atom. The third-order valence-electron chi connectivity index (χ3n) is 4.04. The summed E-state index contributed by atoms with van der Waals surface area (Å²) in [6.07, 6.45) is 8.09. The van der Waals surface area contributed by atoms with Crippen LogP contribution >= 0.6 is 22.2 Å². The number of rotatable bonds is 0. The fourth-order valence-electron chi connectivity index (χ4n) is 2.94. The van der Waals surface area contributed by atoms with Crippen molar-refractivity contribution in [2.45, 2.75) is 0 Å². The van der Waals surface area contributed by atoms with Crippen LogP contribution in [0.5, 0.6) is 0 Å². The van der Waals surface area contributed by atoms with E-state index in [-0.39, 0.29) is 0 Å². The zero-order valence-electron chi connectivity index (χ0n) is 14.3. The molecule has 0 radical (unpaired) electrons. The van der Waals surface area contributed by atoms with Crippen LogP contribution in [0.2, 0.25) is 0 Å². The smallest absolute Gasteiger partial charge is 0.222 e. The number of aromatic amines is 2. The molecule has 5 heterocycles. The lowest BCUT2D eigenvalue weighted by Gasteiger charge is -1.85. The summed E-state index contributed by atoms with van der Waals surface area (Å²) in [5.74, 6) is 0. The van der Waals surface area contributed by atoms with Crippen molar-refractivity contribution >= 4 is 76.7 Å². The maximum absolute atomic E-state index is 4.90. The predicted octanol–water partition coefficient (Wildman–Crippen LogP) is 5.12. The molecule has 0 atom stereocenters. The average Bonchev–Trinajstić information content (AvgIpc) is 3.41. The number of halogens is 2. The number of hydrogen-bond acceptors (Lipinski definition) is 2. The quantitative estimate of drug-likeness (QED) is 0.275. The summed E-state index contributed by atoms with van der Waals surface area (Å²) >= 11 is 9.81. The van der Waals surface area contributed by atoms with Crippen molar-refractivity contribution in [1.29, 1.82) is 0 Å². The van der Waals surface area contributed by atoms with Gasteiger partial charge in [0.2, 0.25) is 8.14 Å². The molecule has 0 fully saturated rings. The highest BCUT2D eigenvalue weighted by Crippen LogP contribution is 2.16. The van der Waals surface area contributed by atoms with Gasteiger partial charge >= 0.3 is 0 Å². The molecule has 4 nitrogen and oxygen atoms in total. The Kier molecular flexibility index (Phi) is 5.25. The largest absolute Gasteiger partial charge is 0.355 e. The molecular formula is C20H16Cl2N4Si. The summed E-state index contributed by atoms with van der Waals surface area (Å²) in [4.78, 5) is 16.0. The number of aromatic nitrogens is 4. The monoisotopic (exact) mass is 410 g/mol. The molecule has 0 amide bonds. The second-order valence-electron chi connectivity index (χ2n) is 6.01. The van der Waals surface area contributed by atoms with Gasteiger partial charge in [-0.15, -0.1) is 0 Å². The molecule has 7 heteroatoms. The maximum atomic E-state index is 4.90. The Morgan fingerprint density at radius 1 is 0.556 bits per heavy atom. The first-order valence-electron chi connectivity index (χ1n) is 8.38. The molecule has 5 rings (SSSR count). The van der Waals surface area contributed by atoms with Crippen LogP contribution in [-0.2, 0) is 0 Å². The maximum Gasteiger partial charge on any atom is 0.222 e. The summed E-state index contributed by atoms with van der Waals surface area (Å²) in [5.41, 5.74) is 7.86. The lowest BCUT2D eigenvalue weighted by atomic mass is 10.3. The minimum absolute atomic E-state index is 0.639. The second-order valence-corrected chi connectivity index (χ2v) is 8.63. The van der Waals surface area contributed by atoms with Gasteiger partial charge in [-0.3, -0.25) is 0 Å². The molecule has 0 unspecified atom stereocenters. The van der Waals surface area contributed by atoms with Gasteiger partial charge < -0.3 is 9.97 Å². The zero-order chi connectivity index (χ0) is 18.6. The first-order chi connectivity index (χ1) is 13.2. The first kappa shape index (κ1) is 17.8. The Balaban J connectivity index is 0.000000565. The van der Waals surface area contributed by atoms with Crippen molar-refractivity contribution in [3.05, 3.63) is 71.3 Å². The van der Waals surface area contributed by atoms with Crippen LogP contribution in [-0.4, -0.2) is 28.1 Å². The van der Waals surface area contributed by atoms with E-state index >= 15 is 0 Å². The Labute approximate surface area is 167 Å². The molecule has 2 N–H and O–H groups in total. The lowest BCUT2D eigenvalue weighted by molar-refractivity contribution is 1.31. The summed E-state index contributed by atoms with van der Waals surface area (Å²) in [7, 11) is -0.639. The molecule has 3 aromatic rings. The second kappa shape index (κ2) is 7.96. The van der Waals surface area contributed by atoms with Gasteiger partial charge in [-0.2, -0.15) is 22.2 Å². The van der Waals surface area contributed by atoms with Crippen molar-refractivity contribution < 1.29 is 0 Å². The van der Waals surface area contributed by atoms with Gasteiger partial charge in [0.15, 0.2) is 0 Å². The molecular weight excluding hydrogens is 395 g/mol. The number of nitrogens with zero attached hydrogens (tertiary/aromatic N) is 2. The molecule has 27 heavy (non-hydrogen) atoms. The zero-order valence-corrected chi connectivity index (χ0v) is 17.2. The minimum atomic E-state index is -0.639. The third-order valence-corrected chi connectivity index (χ3v) is 4.04. The van der Waals surface area contributed by atoms with Crippen molar-refractivity contribution in [2.24, 2.45) is 0 Å². The van der Waals surface area contributed by atoms with Crippen LogP contribution in [0.4, 0.5) is 0 Å². The van der Waals surface area contributed by atoms with E-state index in [4.69, 9.17) is 22.2 Å². The summed E-state index contributed by atoms with van der Waals surface area (Å²) in [6, 6.07) is 16.4. The van der Waals surface area contributed by atoms with Crippen molar-refractivity contribution in [2.75, 3.05) is 0 Å². The molecule has 3 aromatic heterocycles. The number of hydrogen-bond donors (Lipinski definition) is 2. The first-order valence-corrected chi connectivity index (χ1v) is 12.7. The van der Waals surface area contributed by atoms with Gasteiger partial charge in [-0.05, 0) is 72.8 Å². The van der Waals surface area contributed by atoms with E-state index in [1.54, 1.807) is 0 Å². The Morgan fingerprint density at radius 2 is 0.815 bits per heavy atom. The molecule has 0 saturated heterocycles. The van der Waals surface area contributed by atoms with Crippen molar-refractivity contribution in [3.63, 3.8) is 0 Å². The van der Waals surface area contributed by atoms with Gasteiger partial charge in [0.25, 0.3) is 0 Å². The standard InChI is InChI=1S/C20H14N4.Cl2H2Si/c1-2-14-10-16-5-6-18(23-16)12-20-8-7-19(24-20)11-17-4-3-15(22-17)9-13(1)21-14;1-3-2/h1-12,21,24H;3H2. The van der Waals surface area contributed by atoms with E-state index in [1.165, 1.54) is 0 Å². The fourth-order valence-corrected chi connectivity index (χ4v) is 2.94. The van der Waals surface area contributed by atoms with Gasteiger partial charge in [-0.1, -0.05) is 0 Å². The highest BCUT2D eigenvalue weighted by Gasteiger charge is 2.01. The van der Waals surface area contributed by atoms with Crippen LogP contribution < -0.4 is 0 Å². The van der Waals surface area contributed by atoms with Gasteiger partial charge in [0.1, 0.15) is 0 Å². The van der Waals surface area contributed by atoms with Crippen LogP contribution in [0.15, 0.2) is 48.5 Å². The van der Waals surface area contributed by atoms with Crippen LogP contribution in [0.3, 0.4) is 0 Å². The van der Waals surface area contributed by atoms with E-state index in [0.717, 1.165) is 44.8 Å². The normalized spacial score (nSPS) is 11.9. The lowest BCUT2D eigenvalue weighted by Crippen LogP contribution is -1.75. The number of nitrogens with one attached hydrogen (secondary N) is 2. The molecule has 2 aliphatic heterocycles. The molecule has 0 aliphatic carbocycles. The van der Waals surface area contributed by atoms with Crippen LogP contribution in [0.1, 0.15) is 22.8 Å². The molecule has 134 valence electrons. The highest BCUT2D eigenvalue weighted by atomic mass is 35.7. The molecule has 0 aromatic carbocycles. The molecule has 8 bridgehead atoms. The van der Waals surface area contributed by atoms with Gasteiger partial charge in [-0.25, -0.2) is 9.97 Å². The molecule has 0 spiro atoms. The third kappa shape index (κ3) is 4.39. The van der Waals surface area contributed by atoms with E-state index in [0.29, 0.717) is 0 Å². The Bertz CT molecular complexity index is 1020. The predicted molar refractivity (Wildman–Crippen MR) is 119 cm³/mol. The van der Waals surface area contributed by atoms with Crippen LogP contribution in [0, 0.1) is 0 Å². The summed E-state index contributed by atoms with van der Waals surface area (Å²) < 4.78 is 0. The molecule has 2 aliphatic rings. The van der Waals surface area contributed by atoms with Gasteiger partial charge in [0.05, 0.1) is 22.8 Å². The van der Waals surface area contributed by atoms with E-state index in [1.807, 2.05) is 48.6 Å². The number of H-pyrrole nitrogens is 2. The highest BCUT2D eigenvalue weighted by molar-refractivity contribution is 7.22. The summed E-state index contributed by atoms with van der Waals surface area (Å²) in [6.45, 7) is 0. The van der Waals surface area contributed by atoms with Crippen molar-refractivity contribution in [3.8, 4) is 0 Å². The topological polar surface area (TPSA) is 57.4 Å².